The number of rotatable bonds is 4. The van der Waals surface area contributed by atoms with Crippen LogP contribution in [0.5, 0.6) is 11.5 Å². The molecule has 1 aliphatic rings. The lowest BCUT2D eigenvalue weighted by Crippen LogP contribution is -2.18. The van der Waals surface area contributed by atoms with Gasteiger partial charge >= 0.3 is 0 Å². The summed E-state index contributed by atoms with van der Waals surface area (Å²) in [5.41, 5.74) is 1.40. The highest BCUT2D eigenvalue weighted by Crippen LogP contribution is 2.36. The molecule has 2 heterocycles. The van der Waals surface area contributed by atoms with Crippen molar-refractivity contribution < 1.29 is 19.1 Å². The minimum Gasteiger partial charge on any atom is -0.486 e. The average Bonchev–Trinajstić information content (AvgIpc) is 3.04. The van der Waals surface area contributed by atoms with Gasteiger partial charge in [-0.2, -0.15) is 0 Å². The number of Topliss-reactive ketones (excluding diaryl/α,β-unsaturated/α-hetero) is 1. The maximum Gasteiger partial charge on any atom is 0.269 e. The van der Waals surface area contributed by atoms with Crippen molar-refractivity contribution in [3.05, 3.63) is 28.3 Å². The second-order valence-electron chi connectivity index (χ2n) is 5.69. The molecule has 126 valence electrons. The zero-order valence-corrected chi connectivity index (χ0v) is 14.4. The molecule has 0 radical (unpaired) electrons. The third-order valence-corrected chi connectivity index (χ3v) is 4.32. The maximum atomic E-state index is 12.6. The van der Waals surface area contributed by atoms with E-state index in [1.54, 1.807) is 12.1 Å². The van der Waals surface area contributed by atoms with Crippen molar-refractivity contribution >= 4 is 28.9 Å². The Morgan fingerprint density at radius 1 is 1.21 bits per heavy atom. The van der Waals surface area contributed by atoms with Crippen LogP contribution in [0.25, 0.3) is 0 Å². The van der Waals surface area contributed by atoms with Gasteiger partial charge in [0.2, 0.25) is 0 Å². The van der Waals surface area contributed by atoms with E-state index in [9.17, 15) is 9.59 Å². The number of hydrogen-bond donors (Lipinski definition) is 1. The quantitative estimate of drug-likeness (QED) is 0.855. The van der Waals surface area contributed by atoms with E-state index in [4.69, 9.17) is 9.47 Å². The van der Waals surface area contributed by atoms with E-state index in [2.05, 4.69) is 14.9 Å². The first-order chi connectivity index (χ1) is 11.5. The van der Waals surface area contributed by atoms with Crippen LogP contribution in [-0.2, 0) is 0 Å². The Hall–Kier alpha value is -2.48. The fraction of sp³-hybridized carbons (Fsp3) is 0.375. The van der Waals surface area contributed by atoms with Gasteiger partial charge in [0.25, 0.3) is 5.91 Å². The Morgan fingerprint density at radius 3 is 2.50 bits per heavy atom. The summed E-state index contributed by atoms with van der Waals surface area (Å²) >= 11 is 1.03. The highest BCUT2D eigenvalue weighted by atomic mass is 32.1. The molecule has 1 N–H and O–H groups in total. The van der Waals surface area contributed by atoms with Crippen LogP contribution in [0.1, 0.15) is 52.4 Å². The van der Waals surface area contributed by atoms with Gasteiger partial charge in [-0.25, -0.2) is 0 Å². The number of nitrogens with one attached hydrogen (secondary N) is 1. The molecular formula is C16H17N3O4S. The van der Waals surface area contributed by atoms with Crippen molar-refractivity contribution in [3.63, 3.8) is 0 Å². The number of carbonyl (C=O) groups is 2. The van der Waals surface area contributed by atoms with Gasteiger partial charge in [-0.05, 0) is 30.4 Å². The summed E-state index contributed by atoms with van der Waals surface area (Å²) in [6.07, 6.45) is 0. The molecule has 0 unspecified atom stereocenters. The molecule has 8 heteroatoms. The number of fused-ring (bicyclic) bond motifs is 1. The van der Waals surface area contributed by atoms with Crippen LogP contribution < -0.4 is 14.8 Å². The Balaban J connectivity index is 1.95. The van der Waals surface area contributed by atoms with E-state index in [1.165, 1.54) is 6.92 Å². The Bertz CT molecular complexity index is 801. The van der Waals surface area contributed by atoms with E-state index < -0.39 is 0 Å². The van der Waals surface area contributed by atoms with Gasteiger partial charge in [-0.15, -0.1) is 5.10 Å². The van der Waals surface area contributed by atoms with Gasteiger partial charge in [0.15, 0.2) is 17.3 Å². The zero-order valence-electron chi connectivity index (χ0n) is 13.6. The Morgan fingerprint density at radius 2 is 1.88 bits per heavy atom. The molecule has 0 bridgehead atoms. The van der Waals surface area contributed by atoms with Gasteiger partial charge in [0, 0.05) is 11.6 Å². The monoisotopic (exact) mass is 347 g/mol. The number of ketones is 1. The summed E-state index contributed by atoms with van der Waals surface area (Å²) in [6, 6.07) is 3.22. The Labute approximate surface area is 143 Å². The van der Waals surface area contributed by atoms with Gasteiger partial charge in [-0.1, -0.05) is 18.3 Å². The largest absolute Gasteiger partial charge is 0.486 e. The molecule has 3 rings (SSSR count). The molecular weight excluding hydrogens is 330 g/mol. The average molecular weight is 347 g/mol. The smallest absolute Gasteiger partial charge is 0.269 e. The predicted octanol–water partition coefficient (Wildman–Crippen LogP) is 2.89. The number of amides is 1. The van der Waals surface area contributed by atoms with Crippen molar-refractivity contribution in [3.8, 4) is 11.5 Å². The van der Waals surface area contributed by atoms with E-state index in [-0.39, 0.29) is 17.6 Å². The second kappa shape index (κ2) is 6.56. The normalized spacial score (nSPS) is 13.0. The van der Waals surface area contributed by atoms with Gasteiger partial charge < -0.3 is 14.8 Å². The number of carbonyl (C=O) groups excluding carboxylic acids is 2. The van der Waals surface area contributed by atoms with E-state index in [0.29, 0.717) is 46.5 Å². The number of aromatic nitrogens is 2. The van der Waals surface area contributed by atoms with E-state index in [1.807, 2.05) is 13.8 Å². The molecule has 2 aromatic rings. The molecule has 24 heavy (non-hydrogen) atoms. The first-order valence-corrected chi connectivity index (χ1v) is 8.33. The number of hydrogen-bond acceptors (Lipinski definition) is 7. The zero-order chi connectivity index (χ0) is 17.3. The molecule has 7 nitrogen and oxygen atoms in total. The molecule has 0 saturated heterocycles. The predicted molar refractivity (Wildman–Crippen MR) is 89.4 cm³/mol. The molecule has 0 saturated carbocycles. The highest BCUT2D eigenvalue weighted by Gasteiger charge is 2.23. The third-order valence-electron chi connectivity index (χ3n) is 3.58. The minimum absolute atomic E-state index is 0.0806. The second-order valence-corrected chi connectivity index (χ2v) is 6.45. The first-order valence-electron chi connectivity index (χ1n) is 7.55. The summed E-state index contributed by atoms with van der Waals surface area (Å²) in [5, 5.41) is 6.78. The standard InChI is InChI=1S/C16H17N3O4S/c1-8(2)14-15(24-19-18-14)16(21)17-11-7-13-12(22-4-5-23-13)6-10(11)9(3)20/h6-8H,4-5H2,1-3H3,(H,17,21). The fourth-order valence-electron chi connectivity index (χ4n) is 2.40. The van der Waals surface area contributed by atoms with Crippen LogP contribution >= 0.6 is 11.5 Å². The molecule has 1 aromatic heterocycles. The van der Waals surface area contributed by atoms with Crippen LogP contribution in [-0.4, -0.2) is 34.5 Å². The van der Waals surface area contributed by atoms with Crippen LogP contribution in [0.3, 0.4) is 0 Å². The summed E-state index contributed by atoms with van der Waals surface area (Å²) in [7, 11) is 0. The highest BCUT2D eigenvalue weighted by molar-refractivity contribution is 7.08. The molecule has 0 aliphatic carbocycles. The molecule has 1 aliphatic heterocycles. The summed E-state index contributed by atoms with van der Waals surface area (Å²) in [5.74, 6) is 0.582. The van der Waals surface area contributed by atoms with Crippen molar-refractivity contribution in [2.45, 2.75) is 26.7 Å². The lowest BCUT2D eigenvalue weighted by atomic mass is 10.1. The van der Waals surface area contributed by atoms with Crippen molar-refractivity contribution in [1.82, 2.24) is 9.59 Å². The summed E-state index contributed by atoms with van der Waals surface area (Å²) in [4.78, 5) is 24.9. The molecule has 0 atom stereocenters. The number of anilines is 1. The van der Waals surface area contributed by atoms with E-state index >= 15 is 0 Å². The molecule has 1 amide bonds. The molecule has 0 fully saturated rings. The fourth-order valence-corrected chi connectivity index (χ4v) is 3.11. The number of nitrogens with zero attached hydrogens (tertiary/aromatic N) is 2. The van der Waals surface area contributed by atoms with Gasteiger partial charge in [0.05, 0.1) is 11.4 Å². The van der Waals surface area contributed by atoms with Crippen LogP contribution in [0.4, 0.5) is 5.69 Å². The number of ether oxygens (including phenoxy) is 2. The first kappa shape index (κ1) is 16.4. The maximum absolute atomic E-state index is 12.6. The minimum atomic E-state index is -0.340. The SMILES string of the molecule is CC(=O)c1cc2c(cc1NC(=O)c1snnc1C(C)C)OCCO2. The number of benzene rings is 1. The third kappa shape index (κ3) is 3.09. The topological polar surface area (TPSA) is 90.4 Å². The van der Waals surface area contributed by atoms with Crippen LogP contribution in [0.2, 0.25) is 0 Å². The van der Waals surface area contributed by atoms with Gasteiger partial charge in [-0.3, -0.25) is 9.59 Å². The molecule has 1 aromatic carbocycles. The van der Waals surface area contributed by atoms with Crippen molar-refractivity contribution in [2.75, 3.05) is 18.5 Å². The summed E-state index contributed by atoms with van der Waals surface area (Å²) < 4.78 is 14.9. The van der Waals surface area contributed by atoms with Crippen LogP contribution in [0, 0.1) is 0 Å². The summed E-state index contributed by atoms with van der Waals surface area (Å²) in [6.45, 7) is 6.18. The van der Waals surface area contributed by atoms with Crippen molar-refractivity contribution in [1.29, 1.82) is 0 Å². The lowest BCUT2D eigenvalue weighted by molar-refractivity contribution is 0.101. The Kier molecular flexibility index (Phi) is 4.48. The van der Waals surface area contributed by atoms with E-state index in [0.717, 1.165) is 11.5 Å². The molecule has 0 spiro atoms. The van der Waals surface area contributed by atoms with Crippen molar-refractivity contribution in [2.24, 2.45) is 0 Å². The van der Waals surface area contributed by atoms with Crippen LogP contribution in [0.15, 0.2) is 12.1 Å². The lowest BCUT2D eigenvalue weighted by Gasteiger charge is -2.20. The van der Waals surface area contributed by atoms with Gasteiger partial charge in [0.1, 0.15) is 18.1 Å².